The van der Waals surface area contributed by atoms with Crippen molar-refractivity contribution in [3.63, 3.8) is 0 Å². The van der Waals surface area contributed by atoms with Gasteiger partial charge in [0, 0.05) is 4.91 Å². The van der Waals surface area contributed by atoms with Gasteiger partial charge in [0.1, 0.15) is 14.3 Å². The molecule has 6 atom stereocenters. The van der Waals surface area contributed by atoms with Crippen molar-refractivity contribution in [2.75, 3.05) is 12.5 Å². The Labute approximate surface area is 136 Å². The lowest BCUT2D eigenvalue weighted by Gasteiger charge is -2.37. The molecule has 0 aromatic carbocycles. The van der Waals surface area contributed by atoms with E-state index in [2.05, 4.69) is 31.6 Å². The molecule has 1 heterocycles. The van der Waals surface area contributed by atoms with Gasteiger partial charge in [0.05, 0.1) is 38.3 Å². The predicted octanol–water partition coefficient (Wildman–Crippen LogP) is -0.516. The monoisotopic (exact) mass is 407 g/mol. The molecule has 1 saturated heterocycles. The predicted molar refractivity (Wildman–Crippen MR) is 77.5 cm³/mol. The number of nitrogens with zero attached hydrogens (tertiary/aromatic N) is 3. The molecule has 1 fully saturated rings. The molecule has 0 bridgehead atoms. The van der Waals surface area contributed by atoms with Crippen LogP contribution in [0, 0.1) is 0 Å². The van der Waals surface area contributed by atoms with Crippen LogP contribution in [0.15, 0.2) is 5.11 Å². The maximum atomic E-state index is 11.8. The van der Waals surface area contributed by atoms with Gasteiger partial charge in [-0.2, -0.15) is 0 Å². The summed E-state index contributed by atoms with van der Waals surface area (Å²) in [6.07, 6.45) is -0.640. The van der Waals surface area contributed by atoms with E-state index < -0.39 is 46.5 Å². The summed E-state index contributed by atoms with van der Waals surface area (Å²) in [5, 5.41) is 3.48. The van der Waals surface area contributed by atoms with E-state index in [1.165, 1.54) is 0 Å². The van der Waals surface area contributed by atoms with Gasteiger partial charge in [0.2, 0.25) is 0 Å². The van der Waals surface area contributed by atoms with Crippen LogP contribution in [0.4, 0.5) is 0 Å². The van der Waals surface area contributed by atoms with Gasteiger partial charge in [0.15, 0.2) is 0 Å². The number of hydrogen-bond acceptors (Lipinski definition) is 10. The van der Waals surface area contributed by atoms with E-state index in [4.69, 9.17) is 14.8 Å². The molecule has 0 radical (unpaired) electrons. The highest BCUT2D eigenvalue weighted by Crippen LogP contribution is 2.59. The number of ether oxygens (including phenoxy) is 1. The minimum Gasteiger partial charge on any atom is -0.788 e. The van der Waals surface area contributed by atoms with Crippen molar-refractivity contribution in [1.82, 2.24) is 0 Å². The van der Waals surface area contributed by atoms with Crippen LogP contribution in [0.3, 0.4) is 0 Å². The fourth-order valence-electron chi connectivity index (χ4n) is 1.88. The van der Waals surface area contributed by atoms with Crippen LogP contribution in [0.5, 0.6) is 0 Å². The summed E-state index contributed by atoms with van der Waals surface area (Å²) in [4.78, 5) is 36.6. The summed E-state index contributed by atoms with van der Waals surface area (Å²) in [5.74, 6) is -1.54. The van der Waals surface area contributed by atoms with Crippen LogP contribution in [0.25, 0.3) is 10.4 Å². The first-order chi connectivity index (χ1) is 10.3. The van der Waals surface area contributed by atoms with Crippen LogP contribution in [0.1, 0.15) is 13.3 Å². The van der Waals surface area contributed by atoms with E-state index >= 15 is 0 Å². The molecule has 0 aromatic heterocycles. The molecule has 0 aromatic rings. The summed E-state index contributed by atoms with van der Waals surface area (Å²) in [5.41, 5.74) is 13.0. The summed E-state index contributed by atoms with van der Waals surface area (Å²) in [6.45, 7) is -3.28. The number of hydrogen-bond donors (Lipinski definition) is 1. The lowest BCUT2D eigenvalue weighted by Crippen LogP contribution is -2.26. The highest BCUT2D eigenvalue weighted by atomic mass is 32.5. The Morgan fingerprint density at radius 3 is 2.61 bits per heavy atom. The van der Waals surface area contributed by atoms with Crippen molar-refractivity contribution >= 4 is 33.6 Å². The van der Waals surface area contributed by atoms with E-state index in [-0.39, 0.29) is 6.10 Å². The maximum absolute atomic E-state index is 11.8. The lowest BCUT2D eigenvalue weighted by atomic mass is 10.1. The van der Waals surface area contributed by atoms with E-state index in [1.807, 2.05) is 0 Å². The minimum atomic E-state index is -5.10. The molecular weight excluding hydrogens is 393 g/mol. The van der Waals surface area contributed by atoms with E-state index in [1.54, 1.807) is 6.92 Å². The van der Waals surface area contributed by atoms with Gasteiger partial charge in [-0.3, -0.25) is 9.81 Å². The van der Waals surface area contributed by atoms with Crippen molar-refractivity contribution < 1.29 is 37.4 Å². The van der Waals surface area contributed by atoms with Gasteiger partial charge < -0.3 is 33.1 Å². The smallest absolute Gasteiger partial charge is 0.148 e. The highest BCUT2D eigenvalue weighted by molar-refractivity contribution is 8.08. The fourth-order valence-corrected chi connectivity index (χ4v) is 7.32. The van der Waals surface area contributed by atoms with Gasteiger partial charge in [-0.05, 0) is 18.9 Å². The molecule has 134 valence electrons. The Hall–Kier alpha value is 0.140. The third kappa shape index (κ3) is 8.18. The standard InChI is InChI=1S/C7H17N4O8P3S/c1-5-2-6(10-11-8)7(18-5)3-17-22(16,23)19-21(14,15)4-20(9,12)13/h5-7H,2-4H2,1H3,(H,14,15)(H,16,23)(H3,9,12,13)/p-3/t5-,6+,7+,22?/m0/s1. The zero-order valence-corrected chi connectivity index (χ0v) is 15.3. The zero-order valence-electron chi connectivity index (χ0n) is 11.8. The van der Waals surface area contributed by atoms with Gasteiger partial charge in [0.25, 0.3) is 0 Å². The first-order valence-corrected chi connectivity index (χ1v) is 12.3. The molecule has 3 unspecified atom stereocenters. The van der Waals surface area contributed by atoms with Crippen LogP contribution < -0.4 is 20.2 Å². The quantitative estimate of drug-likeness (QED) is 0.236. The number of rotatable bonds is 8. The molecule has 0 spiro atoms. The van der Waals surface area contributed by atoms with Crippen LogP contribution in [0.2, 0.25) is 0 Å². The first kappa shape index (κ1) is 21.2. The van der Waals surface area contributed by atoms with Crippen molar-refractivity contribution in [2.24, 2.45) is 10.6 Å². The lowest BCUT2D eigenvalue weighted by molar-refractivity contribution is -0.219. The molecule has 1 aliphatic heterocycles. The average Bonchev–Trinajstić information content (AvgIpc) is 2.63. The van der Waals surface area contributed by atoms with Crippen LogP contribution in [-0.2, 0) is 34.5 Å². The molecule has 0 amide bonds. The minimum absolute atomic E-state index is 0.251. The molecule has 1 aliphatic rings. The molecule has 23 heavy (non-hydrogen) atoms. The molecule has 0 saturated carbocycles. The zero-order chi connectivity index (χ0) is 17.9. The largest absolute Gasteiger partial charge is 0.788 e. The molecular formula is C7H14N4O8P3S-3. The highest BCUT2D eigenvalue weighted by Gasteiger charge is 2.33. The van der Waals surface area contributed by atoms with E-state index in [0.29, 0.717) is 6.42 Å². The van der Waals surface area contributed by atoms with E-state index in [9.17, 15) is 23.8 Å². The Kier molecular flexibility index (Phi) is 7.38. The van der Waals surface area contributed by atoms with Crippen molar-refractivity contribution in [3.05, 3.63) is 10.4 Å². The Bertz CT molecular complexity index is 621. The third-order valence-electron chi connectivity index (χ3n) is 2.60. The molecule has 12 nitrogen and oxygen atoms in total. The van der Waals surface area contributed by atoms with Crippen LogP contribution in [-0.4, -0.2) is 30.8 Å². The molecule has 0 aliphatic carbocycles. The fraction of sp³-hybridized carbons (Fsp3) is 1.00. The maximum Gasteiger partial charge on any atom is 0.148 e. The van der Waals surface area contributed by atoms with Crippen LogP contribution >= 0.6 is 21.8 Å². The normalized spacial score (nSPS) is 32.3. The summed E-state index contributed by atoms with van der Waals surface area (Å²) < 4.78 is 36.4. The summed E-state index contributed by atoms with van der Waals surface area (Å²) in [7, 11) is -9.80. The average molecular weight is 407 g/mol. The molecule has 1 rings (SSSR count). The van der Waals surface area contributed by atoms with Gasteiger partial charge in [-0.1, -0.05) is 16.9 Å². The number of azide groups is 1. The SMILES string of the molecule is C[C@H]1C[C@@H](N=[N+]=[N-])[C@@H](COP([O-])(=S)OP(=O)([O-])CP(N)(=O)[O-])O1. The molecule has 16 heteroatoms. The summed E-state index contributed by atoms with van der Waals surface area (Å²) >= 11 is 4.40. The van der Waals surface area contributed by atoms with Crippen molar-refractivity contribution in [2.45, 2.75) is 31.6 Å². The Morgan fingerprint density at radius 1 is 1.48 bits per heavy atom. The van der Waals surface area contributed by atoms with Gasteiger partial charge >= 0.3 is 0 Å². The van der Waals surface area contributed by atoms with Gasteiger partial charge in [-0.15, -0.1) is 0 Å². The Morgan fingerprint density at radius 2 is 2.09 bits per heavy atom. The Balaban J connectivity index is 2.65. The second-order valence-corrected chi connectivity index (χ2v) is 11.7. The summed E-state index contributed by atoms with van der Waals surface area (Å²) in [6, 6.07) is -0.602. The first-order valence-electron chi connectivity index (χ1n) is 6.09. The van der Waals surface area contributed by atoms with E-state index in [0.717, 1.165) is 0 Å². The second kappa shape index (κ2) is 8.01. The topological polar surface area (TPSA) is 206 Å². The number of nitrogens with two attached hydrogens (primary N) is 1. The molecule has 2 N–H and O–H groups in total. The van der Waals surface area contributed by atoms with Crippen molar-refractivity contribution in [1.29, 1.82) is 0 Å². The second-order valence-electron chi connectivity index (χ2n) is 4.80. The van der Waals surface area contributed by atoms with Crippen molar-refractivity contribution in [3.8, 4) is 0 Å². The van der Waals surface area contributed by atoms with Gasteiger partial charge in [-0.25, -0.2) is 0 Å². The third-order valence-corrected chi connectivity index (χ3v) is 8.74.